The Hall–Kier alpha value is -1.62. The maximum Gasteiger partial charge on any atom is 0.253 e. The highest BCUT2D eigenvalue weighted by Crippen LogP contribution is 2.13. The largest absolute Gasteiger partial charge is 0.377 e. The van der Waals surface area contributed by atoms with E-state index < -0.39 is 0 Å². The topological polar surface area (TPSA) is 54.5 Å². The summed E-state index contributed by atoms with van der Waals surface area (Å²) in [5.41, 5.74) is 1.59. The molecule has 0 radical (unpaired) electrons. The predicted octanol–water partition coefficient (Wildman–Crippen LogP) is 2.57. The second-order valence-corrected chi connectivity index (χ2v) is 5.26. The van der Waals surface area contributed by atoms with Gasteiger partial charge in [0.2, 0.25) is 0 Å². The van der Waals surface area contributed by atoms with Crippen molar-refractivity contribution < 1.29 is 9.53 Å². The number of rotatable bonds is 8. The van der Waals surface area contributed by atoms with Crippen molar-refractivity contribution in [3.05, 3.63) is 23.4 Å². The number of hydrogen-bond donors (Lipinski definition) is 1. The molecule has 0 aromatic carbocycles. The number of carbonyl (C=O) groups excluding carboxylic acids is 1. The fraction of sp³-hybridized carbons (Fsp3) is 0.625. The number of nitrogens with zero attached hydrogens (tertiary/aromatic N) is 2. The lowest BCUT2D eigenvalue weighted by molar-refractivity contribution is 0.0532. The summed E-state index contributed by atoms with van der Waals surface area (Å²) in [6.45, 7) is 9.93. The van der Waals surface area contributed by atoms with E-state index in [2.05, 4.69) is 10.3 Å². The SMILES string of the molecule is CCNc1cc(C(=O)N(C)CCOC(C)C)cc(CC)n1. The number of pyridine rings is 1. The Balaban J connectivity index is 2.77. The summed E-state index contributed by atoms with van der Waals surface area (Å²) in [5.74, 6) is 0.755. The van der Waals surface area contributed by atoms with E-state index in [1.807, 2.05) is 39.8 Å². The van der Waals surface area contributed by atoms with Crippen LogP contribution in [0.4, 0.5) is 5.82 Å². The standard InChI is InChI=1S/C16H27N3O2/c1-6-14-10-13(11-15(18-14)17-7-2)16(20)19(5)8-9-21-12(3)4/h10-12H,6-9H2,1-5H3,(H,17,18). The Morgan fingerprint density at radius 2 is 2.10 bits per heavy atom. The number of aryl methyl sites for hydroxylation is 1. The normalized spacial score (nSPS) is 10.8. The van der Waals surface area contributed by atoms with Crippen molar-refractivity contribution in [1.29, 1.82) is 0 Å². The molecule has 1 heterocycles. The van der Waals surface area contributed by atoms with E-state index in [0.29, 0.717) is 18.7 Å². The zero-order valence-corrected chi connectivity index (χ0v) is 13.8. The number of nitrogens with one attached hydrogen (secondary N) is 1. The third-order valence-corrected chi connectivity index (χ3v) is 3.07. The number of anilines is 1. The van der Waals surface area contributed by atoms with Crippen LogP contribution in [-0.4, -0.2) is 48.6 Å². The molecular formula is C16H27N3O2. The first-order chi connectivity index (χ1) is 9.97. The van der Waals surface area contributed by atoms with Crippen LogP contribution in [0, 0.1) is 0 Å². The molecule has 118 valence electrons. The highest BCUT2D eigenvalue weighted by molar-refractivity contribution is 5.94. The second kappa shape index (κ2) is 8.62. The number of likely N-dealkylation sites (N-methyl/N-ethyl adjacent to an activating group) is 1. The van der Waals surface area contributed by atoms with Gasteiger partial charge in [0.05, 0.1) is 12.7 Å². The van der Waals surface area contributed by atoms with Gasteiger partial charge in [-0.3, -0.25) is 4.79 Å². The third kappa shape index (κ3) is 5.71. The van der Waals surface area contributed by atoms with Crippen LogP contribution in [0.25, 0.3) is 0 Å². The van der Waals surface area contributed by atoms with Crippen molar-refractivity contribution in [2.75, 3.05) is 32.1 Å². The molecule has 0 saturated carbocycles. The van der Waals surface area contributed by atoms with E-state index in [1.54, 1.807) is 11.9 Å². The Labute approximate surface area is 127 Å². The van der Waals surface area contributed by atoms with E-state index in [0.717, 1.165) is 24.5 Å². The Kier molecular flexibility index (Phi) is 7.15. The highest BCUT2D eigenvalue weighted by Gasteiger charge is 2.14. The van der Waals surface area contributed by atoms with Crippen LogP contribution in [0.15, 0.2) is 12.1 Å². The van der Waals surface area contributed by atoms with Crippen LogP contribution in [0.3, 0.4) is 0 Å². The van der Waals surface area contributed by atoms with Gasteiger partial charge in [-0.1, -0.05) is 6.92 Å². The minimum Gasteiger partial charge on any atom is -0.377 e. The van der Waals surface area contributed by atoms with E-state index in [1.165, 1.54) is 0 Å². The molecule has 1 N–H and O–H groups in total. The number of hydrogen-bond acceptors (Lipinski definition) is 4. The van der Waals surface area contributed by atoms with Crippen LogP contribution in [0.5, 0.6) is 0 Å². The number of aromatic nitrogens is 1. The molecular weight excluding hydrogens is 266 g/mol. The molecule has 0 fully saturated rings. The van der Waals surface area contributed by atoms with E-state index in [-0.39, 0.29) is 12.0 Å². The summed E-state index contributed by atoms with van der Waals surface area (Å²) in [7, 11) is 1.80. The molecule has 0 aliphatic rings. The van der Waals surface area contributed by atoms with Gasteiger partial charge in [-0.2, -0.15) is 0 Å². The summed E-state index contributed by atoms with van der Waals surface area (Å²) in [6.07, 6.45) is 0.987. The fourth-order valence-electron chi connectivity index (χ4n) is 1.91. The summed E-state index contributed by atoms with van der Waals surface area (Å²) in [6, 6.07) is 3.67. The number of ether oxygens (including phenoxy) is 1. The van der Waals surface area contributed by atoms with Crippen molar-refractivity contribution >= 4 is 11.7 Å². The fourth-order valence-corrected chi connectivity index (χ4v) is 1.91. The molecule has 0 spiro atoms. The molecule has 1 aromatic heterocycles. The zero-order valence-electron chi connectivity index (χ0n) is 13.8. The van der Waals surface area contributed by atoms with E-state index in [4.69, 9.17) is 4.74 Å². The van der Waals surface area contributed by atoms with Crippen molar-refractivity contribution in [3.63, 3.8) is 0 Å². The summed E-state index contributed by atoms with van der Waals surface area (Å²) in [4.78, 5) is 18.6. The lowest BCUT2D eigenvalue weighted by Gasteiger charge is -2.19. The minimum absolute atomic E-state index is 0.00129. The van der Waals surface area contributed by atoms with Gasteiger partial charge in [0.25, 0.3) is 5.91 Å². The zero-order chi connectivity index (χ0) is 15.8. The van der Waals surface area contributed by atoms with Crippen molar-refractivity contribution in [2.24, 2.45) is 0 Å². The molecule has 1 aromatic rings. The van der Waals surface area contributed by atoms with Crippen molar-refractivity contribution in [2.45, 2.75) is 40.2 Å². The summed E-state index contributed by atoms with van der Waals surface area (Å²) < 4.78 is 5.49. The van der Waals surface area contributed by atoms with Gasteiger partial charge >= 0.3 is 0 Å². The van der Waals surface area contributed by atoms with Crippen LogP contribution in [-0.2, 0) is 11.2 Å². The number of carbonyl (C=O) groups is 1. The van der Waals surface area contributed by atoms with Crippen LogP contribution < -0.4 is 5.32 Å². The minimum atomic E-state index is -0.00129. The average Bonchev–Trinajstić information content (AvgIpc) is 2.45. The van der Waals surface area contributed by atoms with Gasteiger partial charge in [-0.25, -0.2) is 4.98 Å². The Morgan fingerprint density at radius 1 is 1.38 bits per heavy atom. The van der Waals surface area contributed by atoms with Gasteiger partial charge in [-0.05, 0) is 39.3 Å². The third-order valence-electron chi connectivity index (χ3n) is 3.07. The molecule has 1 amide bonds. The molecule has 0 saturated heterocycles. The maximum atomic E-state index is 12.5. The number of amides is 1. The van der Waals surface area contributed by atoms with Gasteiger partial charge in [0.15, 0.2) is 0 Å². The first kappa shape index (κ1) is 17.4. The van der Waals surface area contributed by atoms with Gasteiger partial charge in [0.1, 0.15) is 5.82 Å². The van der Waals surface area contributed by atoms with Crippen LogP contribution >= 0.6 is 0 Å². The first-order valence-corrected chi connectivity index (χ1v) is 7.59. The lowest BCUT2D eigenvalue weighted by Crippen LogP contribution is -2.31. The maximum absolute atomic E-state index is 12.5. The summed E-state index contributed by atoms with van der Waals surface area (Å²) in [5, 5.41) is 3.17. The predicted molar refractivity (Wildman–Crippen MR) is 85.8 cm³/mol. The Bertz CT molecular complexity index is 461. The molecule has 0 aliphatic carbocycles. The molecule has 21 heavy (non-hydrogen) atoms. The van der Waals surface area contributed by atoms with E-state index >= 15 is 0 Å². The monoisotopic (exact) mass is 293 g/mol. The molecule has 0 bridgehead atoms. The van der Waals surface area contributed by atoms with Crippen molar-refractivity contribution in [3.8, 4) is 0 Å². The van der Waals surface area contributed by atoms with Crippen LogP contribution in [0.1, 0.15) is 43.7 Å². The first-order valence-electron chi connectivity index (χ1n) is 7.59. The molecule has 1 rings (SSSR count). The molecule has 5 heteroatoms. The second-order valence-electron chi connectivity index (χ2n) is 5.26. The van der Waals surface area contributed by atoms with Crippen LogP contribution in [0.2, 0.25) is 0 Å². The average molecular weight is 293 g/mol. The van der Waals surface area contributed by atoms with E-state index in [9.17, 15) is 4.79 Å². The summed E-state index contributed by atoms with van der Waals surface area (Å²) >= 11 is 0. The Morgan fingerprint density at radius 3 is 2.67 bits per heavy atom. The van der Waals surface area contributed by atoms with Gasteiger partial charge < -0.3 is 15.0 Å². The highest BCUT2D eigenvalue weighted by atomic mass is 16.5. The quantitative estimate of drug-likeness (QED) is 0.800. The molecule has 0 aliphatic heterocycles. The van der Waals surface area contributed by atoms with Gasteiger partial charge in [0, 0.05) is 31.4 Å². The molecule has 0 atom stereocenters. The van der Waals surface area contributed by atoms with Crippen molar-refractivity contribution in [1.82, 2.24) is 9.88 Å². The smallest absolute Gasteiger partial charge is 0.253 e. The lowest BCUT2D eigenvalue weighted by atomic mass is 10.1. The van der Waals surface area contributed by atoms with Gasteiger partial charge in [-0.15, -0.1) is 0 Å². The molecule has 5 nitrogen and oxygen atoms in total. The molecule has 0 unspecified atom stereocenters.